The van der Waals surface area contributed by atoms with Crippen molar-refractivity contribution >= 4 is 17.4 Å². The van der Waals surface area contributed by atoms with Crippen LogP contribution in [0.3, 0.4) is 0 Å². The van der Waals surface area contributed by atoms with Crippen LogP contribution in [0.2, 0.25) is 0 Å². The van der Waals surface area contributed by atoms with Crippen LogP contribution in [0.1, 0.15) is 18.7 Å². The molecular formula is C10H15NS. The molecule has 1 nitrogen and oxygen atoms in total. The SMILES string of the molecule is CNC(C)/C(C)=C/c1cccs1. The Hall–Kier alpha value is -0.600. The van der Waals surface area contributed by atoms with Gasteiger partial charge < -0.3 is 5.32 Å². The highest BCUT2D eigenvalue weighted by Gasteiger charge is 1.99. The summed E-state index contributed by atoms with van der Waals surface area (Å²) >= 11 is 1.77. The van der Waals surface area contributed by atoms with E-state index in [0.717, 1.165) is 0 Å². The van der Waals surface area contributed by atoms with E-state index in [9.17, 15) is 0 Å². The van der Waals surface area contributed by atoms with Crippen molar-refractivity contribution in [1.29, 1.82) is 0 Å². The summed E-state index contributed by atoms with van der Waals surface area (Å²) in [7, 11) is 1.98. The van der Waals surface area contributed by atoms with Crippen LogP contribution in [0.4, 0.5) is 0 Å². The van der Waals surface area contributed by atoms with Gasteiger partial charge in [0.2, 0.25) is 0 Å². The van der Waals surface area contributed by atoms with Gasteiger partial charge in [-0.25, -0.2) is 0 Å². The third kappa shape index (κ3) is 2.47. The van der Waals surface area contributed by atoms with E-state index in [1.165, 1.54) is 10.5 Å². The first-order valence-corrected chi connectivity index (χ1v) is 5.01. The summed E-state index contributed by atoms with van der Waals surface area (Å²) in [5.41, 5.74) is 1.37. The molecule has 1 atom stereocenters. The lowest BCUT2D eigenvalue weighted by Gasteiger charge is -2.09. The monoisotopic (exact) mass is 181 g/mol. The van der Waals surface area contributed by atoms with Gasteiger partial charge in [0, 0.05) is 10.9 Å². The molecule has 0 aliphatic rings. The van der Waals surface area contributed by atoms with Crippen molar-refractivity contribution in [1.82, 2.24) is 5.32 Å². The fourth-order valence-electron chi connectivity index (χ4n) is 0.950. The fourth-order valence-corrected chi connectivity index (χ4v) is 1.68. The summed E-state index contributed by atoms with van der Waals surface area (Å²) in [4.78, 5) is 1.33. The Kier molecular flexibility index (Phi) is 3.50. The van der Waals surface area contributed by atoms with E-state index < -0.39 is 0 Å². The molecule has 0 aliphatic heterocycles. The molecule has 1 unspecified atom stereocenters. The highest BCUT2D eigenvalue weighted by Crippen LogP contribution is 2.14. The molecule has 0 saturated carbocycles. The molecule has 66 valence electrons. The molecule has 1 aromatic rings. The summed E-state index contributed by atoms with van der Waals surface area (Å²) in [6.07, 6.45) is 2.23. The maximum absolute atomic E-state index is 3.21. The average molecular weight is 181 g/mol. The molecule has 1 aromatic heterocycles. The van der Waals surface area contributed by atoms with Crippen molar-refractivity contribution in [2.24, 2.45) is 0 Å². The average Bonchev–Trinajstić information content (AvgIpc) is 2.55. The van der Waals surface area contributed by atoms with E-state index in [0.29, 0.717) is 6.04 Å². The van der Waals surface area contributed by atoms with E-state index in [1.54, 1.807) is 11.3 Å². The maximum atomic E-state index is 3.21. The number of hydrogen-bond acceptors (Lipinski definition) is 2. The minimum atomic E-state index is 0.465. The van der Waals surface area contributed by atoms with Gasteiger partial charge in [-0.05, 0) is 38.4 Å². The third-order valence-corrected chi connectivity index (χ3v) is 2.85. The van der Waals surface area contributed by atoms with Crippen LogP contribution in [0.5, 0.6) is 0 Å². The van der Waals surface area contributed by atoms with E-state index >= 15 is 0 Å². The lowest BCUT2D eigenvalue weighted by molar-refractivity contribution is 0.696. The minimum Gasteiger partial charge on any atom is -0.314 e. The second-order valence-electron chi connectivity index (χ2n) is 2.91. The molecule has 1 rings (SSSR count). The minimum absolute atomic E-state index is 0.465. The van der Waals surface area contributed by atoms with Crippen LogP contribution in [-0.2, 0) is 0 Å². The highest BCUT2D eigenvalue weighted by atomic mass is 32.1. The normalized spacial score (nSPS) is 14.8. The lowest BCUT2D eigenvalue weighted by atomic mass is 10.1. The van der Waals surface area contributed by atoms with Crippen molar-refractivity contribution < 1.29 is 0 Å². The van der Waals surface area contributed by atoms with Crippen LogP contribution in [0.25, 0.3) is 6.08 Å². The molecule has 0 bridgehead atoms. The Labute approximate surface area is 78.1 Å². The van der Waals surface area contributed by atoms with Gasteiger partial charge >= 0.3 is 0 Å². The summed E-state index contributed by atoms with van der Waals surface area (Å²) in [5.74, 6) is 0. The number of rotatable bonds is 3. The first-order valence-electron chi connectivity index (χ1n) is 4.13. The number of thiophene rings is 1. The van der Waals surface area contributed by atoms with Crippen LogP contribution in [0, 0.1) is 0 Å². The Morgan fingerprint density at radius 1 is 1.67 bits per heavy atom. The molecule has 0 spiro atoms. The van der Waals surface area contributed by atoms with Crippen molar-refractivity contribution in [3.63, 3.8) is 0 Å². The first-order chi connectivity index (χ1) is 5.74. The van der Waals surface area contributed by atoms with Crippen LogP contribution in [-0.4, -0.2) is 13.1 Å². The Morgan fingerprint density at radius 3 is 2.92 bits per heavy atom. The van der Waals surface area contributed by atoms with Crippen LogP contribution in [0.15, 0.2) is 23.1 Å². The smallest absolute Gasteiger partial charge is 0.0270 e. The van der Waals surface area contributed by atoms with Gasteiger partial charge in [0.1, 0.15) is 0 Å². The molecule has 0 saturated heterocycles. The second kappa shape index (κ2) is 4.43. The molecule has 0 amide bonds. The standard InChI is InChI=1S/C10H15NS/c1-8(9(2)11-3)7-10-5-4-6-12-10/h4-7,9,11H,1-3H3/b8-7+. The summed E-state index contributed by atoms with van der Waals surface area (Å²) < 4.78 is 0. The van der Waals surface area contributed by atoms with E-state index in [4.69, 9.17) is 0 Å². The van der Waals surface area contributed by atoms with Crippen molar-refractivity contribution in [3.8, 4) is 0 Å². The maximum Gasteiger partial charge on any atom is 0.0270 e. The molecule has 0 aromatic carbocycles. The summed E-state index contributed by atoms with van der Waals surface area (Å²) in [5, 5.41) is 5.31. The zero-order chi connectivity index (χ0) is 8.97. The molecule has 0 fully saturated rings. The van der Waals surface area contributed by atoms with Gasteiger partial charge in [-0.2, -0.15) is 0 Å². The van der Waals surface area contributed by atoms with E-state index in [-0.39, 0.29) is 0 Å². The summed E-state index contributed by atoms with van der Waals surface area (Å²) in [6.45, 7) is 4.32. The zero-order valence-electron chi connectivity index (χ0n) is 7.79. The largest absolute Gasteiger partial charge is 0.314 e. The van der Waals surface area contributed by atoms with E-state index in [2.05, 4.69) is 42.8 Å². The van der Waals surface area contributed by atoms with Crippen molar-refractivity contribution in [3.05, 3.63) is 28.0 Å². The molecule has 2 heteroatoms. The van der Waals surface area contributed by atoms with Crippen LogP contribution < -0.4 is 5.32 Å². The van der Waals surface area contributed by atoms with Crippen molar-refractivity contribution in [2.45, 2.75) is 19.9 Å². The lowest BCUT2D eigenvalue weighted by Crippen LogP contribution is -2.21. The Morgan fingerprint density at radius 2 is 2.42 bits per heavy atom. The van der Waals surface area contributed by atoms with Gasteiger partial charge in [-0.1, -0.05) is 11.6 Å². The molecule has 0 aliphatic carbocycles. The van der Waals surface area contributed by atoms with Crippen molar-refractivity contribution in [2.75, 3.05) is 7.05 Å². The molecule has 0 radical (unpaired) electrons. The van der Waals surface area contributed by atoms with Gasteiger partial charge in [0.25, 0.3) is 0 Å². The second-order valence-corrected chi connectivity index (χ2v) is 3.89. The van der Waals surface area contributed by atoms with Gasteiger partial charge in [-0.3, -0.25) is 0 Å². The molecule has 1 N–H and O–H groups in total. The number of likely N-dealkylation sites (N-methyl/N-ethyl adjacent to an activating group) is 1. The number of hydrogen-bond donors (Lipinski definition) is 1. The molecular weight excluding hydrogens is 166 g/mol. The van der Waals surface area contributed by atoms with E-state index in [1.807, 2.05) is 7.05 Å². The summed E-state index contributed by atoms with van der Waals surface area (Å²) in [6, 6.07) is 4.68. The molecule has 12 heavy (non-hydrogen) atoms. The predicted molar refractivity (Wildman–Crippen MR) is 56.5 cm³/mol. The molecule has 1 heterocycles. The third-order valence-electron chi connectivity index (χ3n) is 2.03. The fraction of sp³-hybridized carbons (Fsp3) is 0.400. The Bertz CT molecular complexity index is 249. The quantitative estimate of drug-likeness (QED) is 0.756. The Balaban J connectivity index is 2.69. The highest BCUT2D eigenvalue weighted by molar-refractivity contribution is 7.10. The zero-order valence-corrected chi connectivity index (χ0v) is 8.61. The topological polar surface area (TPSA) is 12.0 Å². The number of nitrogens with one attached hydrogen (secondary N) is 1. The van der Waals surface area contributed by atoms with Gasteiger partial charge in [-0.15, -0.1) is 11.3 Å². The van der Waals surface area contributed by atoms with Crippen LogP contribution >= 0.6 is 11.3 Å². The first kappa shape index (κ1) is 9.49. The van der Waals surface area contributed by atoms with Gasteiger partial charge in [0.05, 0.1) is 0 Å². The predicted octanol–water partition coefficient (Wildman–Crippen LogP) is 2.76. The van der Waals surface area contributed by atoms with Gasteiger partial charge in [0.15, 0.2) is 0 Å².